The van der Waals surface area contributed by atoms with Crippen LogP contribution in [0.2, 0.25) is 0 Å². The summed E-state index contributed by atoms with van der Waals surface area (Å²) in [5.41, 5.74) is 19.5. The molecule has 0 fully saturated rings. The van der Waals surface area contributed by atoms with Gasteiger partial charge in [0.15, 0.2) is 17.5 Å². The van der Waals surface area contributed by atoms with Crippen molar-refractivity contribution in [2.45, 2.75) is 0 Å². The van der Waals surface area contributed by atoms with E-state index in [0.29, 0.717) is 17.5 Å². The van der Waals surface area contributed by atoms with Gasteiger partial charge in [-0.05, 0) is 73.8 Å². The molecule has 8 aromatic carbocycles. The second-order valence-corrected chi connectivity index (χ2v) is 16.7. The molecule has 268 valence electrons. The molecule has 2 aromatic heterocycles. The van der Waals surface area contributed by atoms with E-state index in [4.69, 9.17) is 19.4 Å². The molecule has 2 heterocycles. The van der Waals surface area contributed by atoms with E-state index < -0.39 is 0 Å². The van der Waals surface area contributed by atoms with E-state index in [2.05, 4.69) is 182 Å². The van der Waals surface area contributed by atoms with E-state index >= 15 is 0 Å². The van der Waals surface area contributed by atoms with Crippen molar-refractivity contribution < 1.29 is 4.42 Å². The molecule has 0 unspecified atom stereocenters. The van der Waals surface area contributed by atoms with Crippen LogP contribution in [0.3, 0.4) is 0 Å². The fourth-order valence-corrected chi connectivity index (χ4v) is 9.58. The van der Waals surface area contributed by atoms with Gasteiger partial charge in [0, 0.05) is 27.5 Å². The van der Waals surface area contributed by atoms with Crippen LogP contribution >= 0.6 is 0 Å². The smallest absolute Gasteiger partial charge is 0.164 e. The number of nitrogens with zero attached hydrogens (tertiary/aromatic N) is 3. The molecule has 10 rings (SSSR count). The van der Waals surface area contributed by atoms with Gasteiger partial charge >= 0.3 is 0 Å². The Morgan fingerprint density at radius 3 is 1.07 bits per heavy atom. The van der Waals surface area contributed by atoms with Crippen molar-refractivity contribution >= 4 is 187 Å². The minimum absolute atomic E-state index is 0.633. The number of hydrogen-bond acceptors (Lipinski definition) is 4. The minimum atomic E-state index is 0.633. The Balaban J connectivity index is 1.13. The highest BCUT2D eigenvalue weighted by Crippen LogP contribution is 2.39. The molecule has 0 saturated heterocycles. The monoisotopic (exact) mass is 745 g/mol. The third-order valence-corrected chi connectivity index (χ3v) is 13.9. The zero-order valence-electron chi connectivity index (χ0n) is 35.6. The summed E-state index contributed by atoms with van der Waals surface area (Å²) in [6, 6.07) is 37.3. The summed E-state index contributed by atoms with van der Waals surface area (Å²) in [5, 5.41) is 9.76. The van der Waals surface area contributed by atoms with E-state index in [1.54, 1.807) is 0 Å². The lowest BCUT2D eigenvalue weighted by Crippen LogP contribution is -2.55. The molecule has 0 aliphatic rings. The summed E-state index contributed by atoms with van der Waals surface area (Å²) < 4.78 is 6.72. The van der Waals surface area contributed by atoms with Gasteiger partial charge in [0.2, 0.25) is 0 Å². The second kappa shape index (κ2) is 13.8. The Hall–Kier alpha value is -6.00. The molecule has 0 saturated carbocycles. The molecule has 14 heteroatoms. The Morgan fingerprint density at radius 2 is 0.610 bits per heavy atom. The van der Waals surface area contributed by atoms with Gasteiger partial charge in [-0.2, -0.15) is 0 Å². The van der Waals surface area contributed by atoms with Crippen LogP contribution in [0.4, 0.5) is 0 Å². The summed E-state index contributed by atoms with van der Waals surface area (Å²) in [7, 11) is 22.0. The zero-order chi connectivity index (χ0) is 41.0. The van der Waals surface area contributed by atoms with Crippen LogP contribution in [-0.4, -0.2) is 93.4 Å². The molecule has 10 aromatic rings. The number of aromatic nitrogens is 3. The van der Waals surface area contributed by atoms with Crippen molar-refractivity contribution in [3.8, 4) is 45.3 Å². The SMILES string of the molecule is Bc1c(B)c(B)c(-c2nc(-c3ccc4c(c3)oc3cc(-c5ccc6c7ccccc7c7ccccc7c6c5)ccc34)nc(-c3c(B)c(B)c(B)c(B)c3B)n2)c(B)c1B. The molecule has 0 amide bonds. The van der Waals surface area contributed by atoms with Gasteiger partial charge in [-0.1, -0.05) is 94.6 Å². The van der Waals surface area contributed by atoms with Gasteiger partial charge in [0.1, 0.15) is 89.6 Å². The first-order chi connectivity index (χ1) is 28.4. The molecular weight excluding hydrogens is 707 g/mol. The zero-order valence-corrected chi connectivity index (χ0v) is 35.6. The van der Waals surface area contributed by atoms with E-state index in [1.807, 2.05) is 0 Å². The summed E-state index contributed by atoms with van der Waals surface area (Å²) in [6.07, 6.45) is 0. The summed E-state index contributed by atoms with van der Waals surface area (Å²) >= 11 is 0. The molecular formula is C45H37B10N3O. The third-order valence-electron chi connectivity index (χ3n) is 13.9. The maximum atomic E-state index is 6.72. The van der Waals surface area contributed by atoms with E-state index in [0.717, 1.165) is 49.8 Å². The standard InChI is InChI=1S/C45H37B10N3O/c46-33-31(34(47)38(51)41(54)37(33)50)44-56-43(57-45(58-44)32-35(48)39(52)42(55)40(53)36(32)49)20-11-14-27-26-13-10-19(16-29(26)59-30(27)17-20)18-9-12-25-23-7-2-1-5-21(23)22-6-3-4-8-24(22)28(25)15-18/h1-17H,46-55H2. The third kappa shape index (κ3) is 5.70. The van der Waals surface area contributed by atoms with Crippen LogP contribution < -0.4 is 54.6 Å². The van der Waals surface area contributed by atoms with Gasteiger partial charge in [-0.3, -0.25) is 0 Å². The maximum Gasteiger partial charge on any atom is 0.164 e. The average Bonchev–Trinajstić information content (AvgIpc) is 3.63. The van der Waals surface area contributed by atoms with Crippen molar-refractivity contribution in [2.24, 2.45) is 0 Å². The predicted octanol–water partition coefficient (Wildman–Crippen LogP) is -5.52. The lowest BCUT2D eigenvalue weighted by molar-refractivity contribution is 0.669. The molecule has 0 spiro atoms. The largest absolute Gasteiger partial charge is 0.456 e. The maximum absolute atomic E-state index is 6.72. The lowest BCUT2D eigenvalue weighted by Gasteiger charge is -2.22. The fraction of sp³-hybridized carbons (Fsp3) is 0. The van der Waals surface area contributed by atoms with Crippen LogP contribution in [-0.2, 0) is 0 Å². The van der Waals surface area contributed by atoms with Gasteiger partial charge in [0.25, 0.3) is 0 Å². The lowest BCUT2D eigenvalue weighted by atomic mass is 9.60. The number of fused-ring (bicyclic) bond motifs is 9. The van der Waals surface area contributed by atoms with Crippen LogP contribution in [0.25, 0.3) is 99.5 Å². The number of benzene rings is 8. The highest BCUT2D eigenvalue weighted by molar-refractivity contribution is 6.70. The topological polar surface area (TPSA) is 51.8 Å². The average molecular weight is 744 g/mol. The van der Waals surface area contributed by atoms with E-state index in [9.17, 15) is 0 Å². The van der Waals surface area contributed by atoms with Crippen molar-refractivity contribution in [1.29, 1.82) is 0 Å². The van der Waals surface area contributed by atoms with Crippen molar-refractivity contribution in [2.75, 3.05) is 0 Å². The molecule has 0 N–H and O–H groups in total. The Labute approximate surface area is 353 Å². The molecule has 4 nitrogen and oxygen atoms in total. The molecule has 0 bridgehead atoms. The summed E-state index contributed by atoms with van der Waals surface area (Å²) in [4.78, 5) is 15.8. The van der Waals surface area contributed by atoms with E-state index in [-0.39, 0.29) is 0 Å². The minimum Gasteiger partial charge on any atom is -0.456 e. The first-order valence-electron chi connectivity index (χ1n) is 20.6. The predicted molar refractivity (Wildman–Crippen MR) is 283 cm³/mol. The summed E-state index contributed by atoms with van der Waals surface area (Å²) in [6.45, 7) is 0. The van der Waals surface area contributed by atoms with Gasteiger partial charge in [0.05, 0.1) is 0 Å². The normalized spacial score (nSPS) is 11.7. The van der Waals surface area contributed by atoms with Crippen LogP contribution in [0, 0.1) is 0 Å². The van der Waals surface area contributed by atoms with Crippen molar-refractivity contribution in [3.63, 3.8) is 0 Å². The van der Waals surface area contributed by atoms with Crippen LogP contribution in [0.15, 0.2) is 108 Å². The molecule has 0 radical (unpaired) electrons. The highest BCUT2D eigenvalue weighted by atomic mass is 16.3. The molecule has 0 atom stereocenters. The van der Waals surface area contributed by atoms with Gasteiger partial charge in [-0.25, -0.2) is 15.0 Å². The van der Waals surface area contributed by atoms with Gasteiger partial charge < -0.3 is 4.42 Å². The number of hydrogen-bond donors (Lipinski definition) is 0. The number of furan rings is 1. The Bertz CT molecular complexity index is 3300. The molecule has 59 heavy (non-hydrogen) atoms. The van der Waals surface area contributed by atoms with Gasteiger partial charge in [-0.15, -0.1) is 32.8 Å². The highest BCUT2D eigenvalue weighted by Gasteiger charge is 2.22. The molecule has 0 aliphatic carbocycles. The first-order valence-corrected chi connectivity index (χ1v) is 20.6. The summed E-state index contributed by atoms with van der Waals surface area (Å²) in [5.74, 6) is 2.03. The fourth-order valence-electron chi connectivity index (χ4n) is 9.58. The van der Waals surface area contributed by atoms with Crippen LogP contribution in [0.1, 0.15) is 0 Å². The Kier molecular flexibility index (Phi) is 8.72. The quantitative estimate of drug-likeness (QED) is 0.134. The van der Waals surface area contributed by atoms with Crippen molar-refractivity contribution in [3.05, 3.63) is 103 Å². The second-order valence-electron chi connectivity index (χ2n) is 16.7. The first kappa shape index (κ1) is 37.3. The Morgan fingerprint density at radius 1 is 0.288 bits per heavy atom. The van der Waals surface area contributed by atoms with Crippen LogP contribution in [0.5, 0.6) is 0 Å². The number of rotatable bonds is 4. The molecule has 0 aliphatic heterocycles. The van der Waals surface area contributed by atoms with Crippen molar-refractivity contribution in [1.82, 2.24) is 15.0 Å². The van der Waals surface area contributed by atoms with E-state index in [1.165, 1.54) is 86.9 Å².